The fraction of sp³-hybridized carbons (Fsp3) is 0.375. The number of oxazole rings is 1. The molecule has 5 nitrogen and oxygen atoms in total. The van der Waals surface area contributed by atoms with Crippen molar-refractivity contribution in [3.63, 3.8) is 0 Å². The van der Waals surface area contributed by atoms with Crippen molar-refractivity contribution in [2.75, 3.05) is 0 Å². The molecule has 0 aliphatic heterocycles. The van der Waals surface area contributed by atoms with Crippen LogP contribution in [-0.4, -0.2) is 20.8 Å². The lowest BCUT2D eigenvalue weighted by atomic mass is 10.1. The quantitative estimate of drug-likeness (QED) is 0.754. The van der Waals surface area contributed by atoms with Crippen LogP contribution in [0.4, 0.5) is 0 Å². The number of aromatic nitrogens is 3. The highest BCUT2D eigenvalue weighted by Crippen LogP contribution is 2.23. The van der Waals surface area contributed by atoms with Crippen molar-refractivity contribution in [2.24, 2.45) is 0 Å². The van der Waals surface area contributed by atoms with E-state index in [1.807, 2.05) is 28.4 Å². The normalized spacial score (nSPS) is 14.1. The molecule has 3 heterocycles. The van der Waals surface area contributed by atoms with E-state index < -0.39 is 0 Å². The Morgan fingerprint density at radius 3 is 2.95 bits per heavy atom. The number of hydrogen-bond acceptors (Lipinski definition) is 5. The van der Waals surface area contributed by atoms with Crippen LogP contribution in [0.5, 0.6) is 0 Å². The summed E-state index contributed by atoms with van der Waals surface area (Å²) in [6.45, 7) is 7.04. The van der Waals surface area contributed by atoms with Gasteiger partial charge in [0.05, 0.1) is 22.8 Å². The third kappa shape index (κ3) is 3.28. The summed E-state index contributed by atoms with van der Waals surface area (Å²) in [5.74, 6) is 0.690. The van der Waals surface area contributed by atoms with Crippen molar-refractivity contribution in [1.29, 1.82) is 0 Å². The van der Waals surface area contributed by atoms with Crippen LogP contribution in [-0.2, 0) is 6.54 Å². The molecule has 3 rings (SSSR count). The maximum Gasteiger partial charge on any atom is 0.236 e. The average molecular weight is 316 g/mol. The zero-order valence-corrected chi connectivity index (χ0v) is 13.8. The summed E-state index contributed by atoms with van der Waals surface area (Å²) in [7, 11) is 0. The van der Waals surface area contributed by atoms with Gasteiger partial charge in [0.2, 0.25) is 5.89 Å². The number of nitrogens with zero attached hydrogens (tertiary/aromatic N) is 3. The van der Waals surface area contributed by atoms with Crippen LogP contribution in [0, 0.1) is 6.92 Å². The molecule has 0 bridgehead atoms. The lowest BCUT2D eigenvalue weighted by Gasteiger charge is -2.21. The molecule has 22 heavy (non-hydrogen) atoms. The van der Waals surface area contributed by atoms with Gasteiger partial charge in [0.1, 0.15) is 6.26 Å². The second kappa shape index (κ2) is 6.46. The third-order valence-electron chi connectivity index (χ3n) is 3.76. The van der Waals surface area contributed by atoms with Crippen molar-refractivity contribution in [2.45, 2.75) is 39.4 Å². The van der Waals surface area contributed by atoms with Gasteiger partial charge in [0.15, 0.2) is 0 Å². The van der Waals surface area contributed by atoms with E-state index in [2.05, 4.69) is 42.4 Å². The van der Waals surface area contributed by atoms with Gasteiger partial charge < -0.3 is 9.73 Å². The number of thiophene rings is 1. The Kier molecular flexibility index (Phi) is 4.40. The molecule has 6 heteroatoms. The van der Waals surface area contributed by atoms with Gasteiger partial charge in [0, 0.05) is 18.8 Å². The summed E-state index contributed by atoms with van der Waals surface area (Å²) in [6.07, 6.45) is 5.67. The molecular weight excluding hydrogens is 296 g/mol. The molecule has 0 saturated heterocycles. The van der Waals surface area contributed by atoms with Crippen molar-refractivity contribution < 1.29 is 4.42 Å². The van der Waals surface area contributed by atoms with Crippen molar-refractivity contribution >= 4 is 11.3 Å². The van der Waals surface area contributed by atoms with E-state index in [9.17, 15) is 0 Å². The first-order valence-corrected chi connectivity index (χ1v) is 8.24. The second-order valence-corrected chi connectivity index (χ2v) is 6.48. The molecular formula is C16H20N4OS. The number of aryl methyl sites for hydroxylation is 1. The standard InChI is InChI=1S/C16H20N4OS/c1-11-7-18-20(9-11)13(3)12(2)17-8-14-10-21-16(19-14)15-5-4-6-22-15/h4-7,9-10,12-13,17H,8H2,1-3H3/t12-,13+/m0/s1. The van der Waals surface area contributed by atoms with Crippen LogP contribution in [0.1, 0.15) is 31.1 Å². The third-order valence-corrected chi connectivity index (χ3v) is 4.62. The van der Waals surface area contributed by atoms with Crippen LogP contribution in [0.25, 0.3) is 10.8 Å². The molecule has 3 aromatic heterocycles. The van der Waals surface area contributed by atoms with Crippen LogP contribution < -0.4 is 5.32 Å². The minimum atomic E-state index is 0.275. The average Bonchev–Trinajstić information content (AvgIpc) is 3.24. The SMILES string of the molecule is Cc1cnn([C@H](C)[C@H](C)NCc2coc(-c3cccs3)n2)c1. The lowest BCUT2D eigenvalue weighted by Crippen LogP contribution is -2.33. The van der Waals surface area contributed by atoms with Crippen molar-refractivity contribution in [3.05, 3.63) is 47.4 Å². The predicted octanol–water partition coefficient (Wildman–Crippen LogP) is 3.65. The predicted molar refractivity (Wildman–Crippen MR) is 87.8 cm³/mol. The van der Waals surface area contributed by atoms with E-state index in [1.165, 1.54) is 5.56 Å². The van der Waals surface area contributed by atoms with E-state index in [0.717, 1.165) is 10.6 Å². The molecule has 0 spiro atoms. The van der Waals surface area contributed by atoms with Crippen LogP contribution in [0.3, 0.4) is 0 Å². The molecule has 0 aromatic carbocycles. The van der Waals surface area contributed by atoms with Crippen LogP contribution in [0.2, 0.25) is 0 Å². The fourth-order valence-electron chi connectivity index (χ4n) is 2.22. The fourth-order valence-corrected chi connectivity index (χ4v) is 2.88. The summed E-state index contributed by atoms with van der Waals surface area (Å²) < 4.78 is 7.52. The number of rotatable bonds is 6. The molecule has 0 unspecified atom stereocenters. The summed E-state index contributed by atoms with van der Waals surface area (Å²) >= 11 is 1.63. The highest BCUT2D eigenvalue weighted by molar-refractivity contribution is 7.13. The largest absolute Gasteiger partial charge is 0.444 e. The van der Waals surface area contributed by atoms with Crippen LogP contribution >= 0.6 is 11.3 Å². The van der Waals surface area contributed by atoms with Gasteiger partial charge in [0.25, 0.3) is 0 Å². The molecule has 0 aliphatic carbocycles. The summed E-state index contributed by atoms with van der Waals surface area (Å²) in [4.78, 5) is 5.57. The first-order valence-electron chi connectivity index (χ1n) is 7.36. The van der Waals surface area contributed by atoms with Crippen molar-refractivity contribution in [1.82, 2.24) is 20.1 Å². The second-order valence-electron chi connectivity index (χ2n) is 5.53. The Labute approximate surface area is 134 Å². The summed E-state index contributed by atoms with van der Waals surface area (Å²) in [5, 5.41) is 9.88. The minimum absolute atomic E-state index is 0.275. The lowest BCUT2D eigenvalue weighted by molar-refractivity contribution is 0.363. The van der Waals surface area contributed by atoms with Crippen LogP contribution in [0.15, 0.2) is 40.6 Å². The molecule has 3 aromatic rings. The van der Waals surface area contributed by atoms with E-state index in [1.54, 1.807) is 17.6 Å². The molecule has 0 amide bonds. The Morgan fingerprint density at radius 2 is 2.27 bits per heavy atom. The topological polar surface area (TPSA) is 55.9 Å². The van der Waals surface area contributed by atoms with Gasteiger partial charge in [-0.3, -0.25) is 4.68 Å². The highest BCUT2D eigenvalue weighted by atomic mass is 32.1. The van der Waals surface area contributed by atoms with Gasteiger partial charge >= 0.3 is 0 Å². The Morgan fingerprint density at radius 1 is 1.41 bits per heavy atom. The zero-order chi connectivity index (χ0) is 15.5. The molecule has 0 saturated carbocycles. The summed E-state index contributed by atoms with van der Waals surface area (Å²) in [5.41, 5.74) is 2.09. The van der Waals surface area contributed by atoms with Gasteiger partial charge in [-0.25, -0.2) is 4.98 Å². The Bertz CT molecular complexity index is 716. The molecule has 0 fully saturated rings. The maximum absolute atomic E-state index is 5.53. The monoisotopic (exact) mass is 316 g/mol. The molecule has 116 valence electrons. The Hall–Kier alpha value is -1.92. The van der Waals surface area contributed by atoms with E-state index in [4.69, 9.17) is 4.42 Å². The smallest absolute Gasteiger partial charge is 0.236 e. The molecule has 0 aliphatic rings. The molecule has 0 radical (unpaired) electrons. The first-order chi connectivity index (χ1) is 10.6. The van der Waals surface area contributed by atoms with Gasteiger partial charge in [-0.15, -0.1) is 11.3 Å². The first kappa shape index (κ1) is 15.0. The van der Waals surface area contributed by atoms with Crippen molar-refractivity contribution in [3.8, 4) is 10.8 Å². The Balaban J connectivity index is 1.58. The van der Waals surface area contributed by atoms with E-state index in [-0.39, 0.29) is 12.1 Å². The maximum atomic E-state index is 5.53. The van der Waals surface area contributed by atoms with Gasteiger partial charge in [-0.1, -0.05) is 6.07 Å². The minimum Gasteiger partial charge on any atom is -0.444 e. The number of nitrogens with one attached hydrogen (secondary N) is 1. The summed E-state index contributed by atoms with van der Waals surface area (Å²) in [6, 6.07) is 4.56. The van der Waals surface area contributed by atoms with Gasteiger partial charge in [-0.2, -0.15) is 5.10 Å². The number of hydrogen-bond donors (Lipinski definition) is 1. The molecule has 2 atom stereocenters. The van der Waals surface area contributed by atoms with E-state index >= 15 is 0 Å². The molecule has 1 N–H and O–H groups in total. The zero-order valence-electron chi connectivity index (χ0n) is 13.0. The van der Waals surface area contributed by atoms with E-state index in [0.29, 0.717) is 12.4 Å². The highest BCUT2D eigenvalue weighted by Gasteiger charge is 2.15. The van der Waals surface area contributed by atoms with Gasteiger partial charge in [-0.05, 0) is 37.8 Å².